The molecule has 0 aromatic heterocycles. The summed E-state index contributed by atoms with van der Waals surface area (Å²) in [4.78, 5) is 32.2. The van der Waals surface area contributed by atoms with Crippen molar-refractivity contribution in [1.82, 2.24) is 5.43 Å². The van der Waals surface area contributed by atoms with Crippen molar-refractivity contribution in [3.05, 3.63) is 77.8 Å². The van der Waals surface area contributed by atoms with Crippen LogP contribution in [0.25, 0.3) is 0 Å². The lowest BCUT2D eigenvalue weighted by atomic mass is 10.2. The van der Waals surface area contributed by atoms with Crippen molar-refractivity contribution in [3.8, 4) is 0 Å². The lowest BCUT2D eigenvalue weighted by Crippen LogP contribution is -2.17. The summed E-state index contributed by atoms with van der Waals surface area (Å²) >= 11 is 11.4. The van der Waals surface area contributed by atoms with Crippen LogP contribution in [0.4, 0.5) is 11.4 Å². The Morgan fingerprint density at radius 2 is 1.56 bits per heavy atom. The van der Waals surface area contributed by atoms with Gasteiger partial charge >= 0.3 is 0 Å². The third kappa shape index (κ3) is 4.49. The van der Waals surface area contributed by atoms with Crippen LogP contribution in [0.2, 0.25) is 10.0 Å². The lowest BCUT2D eigenvalue weighted by Gasteiger charge is -2.01. The second-order valence-electron chi connectivity index (χ2n) is 4.59. The van der Waals surface area contributed by atoms with Gasteiger partial charge in [0.1, 0.15) is 10.0 Å². The predicted molar refractivity (Wildman–Crippen MR) is 91.3 cm³/mol. The van der Waals surface area contributed by atoms with Crippen molar-refractivity contribution >= 4 is 46.7 Å². The van der Waals surface area contributed by atoms with E-state index in [1.807, 2.05) is 0 Å². The maximum Gasteiger partial charge on any atom is 0.288 e. The van der Waals surface area contributed by atoms with Crippen molar-refractivity contribution in [3.63, 3.8) is 0 Å². The van der Waals surface area contributed by atoms with Gasteiger partial charge in [-0.3, -0.25) is 25.0 Å². The van der Waals surface area contributed by atoms with Gasteiger partial charge in [0.25, 0.3) is 17.3 Å². The van der Waals surface area contributed by atoms with Gasteiger partial charge in [-0.15, -0.1) is 0 Å². The molecule has 2 aromatic rings. The highest BCUT2D eigenvalue weighted by Gasteiger charge is 2.16. The minimum atomic E-state index is -0.713. The number of benzene rings is 2. The molecular weight excluding hydrogens is 375 g/mol. The van der Waals surface area contributed by atoms with E-state index in [0.717, 1.165) is 6.07 Å². The van der Waals surface area contributed by atoms with E-state index in [4.69, 9.17) is 23.2 Å². The second-order valence-corrected chi connectivity index (χ2v) is 5.40. The second kappa shape index (κ2) is 7.69. The minimum Gasteiger partial charge on any atom is -0.267 e. The Bertz CT molecular complexity index is 901. The minimum absolute atomic E-state index is 0.0182. The molecule has 0 spiro atoms. The van der Waals surface area contributed by atoms with E-state index < -0.39 is 21.4 Å². The van der Waals surface area contributed by atoms with Crippen LogP contribution in [0.15, 0.2) is 41.5 Å². The highest BCUT2D eigenvalue weighted by molar-refractivity contribution is 6.33. The molecule has 11 heteroatoms. The molecule has 0 unspecified atom stereocenters. The van der Waals surface area contributed by atoms with Gasteiger partial charge in [-0.1, -0.05) is 29.3 Å². The Labute approximate surface area is 150 Å². The molecule has 9 nitrogen and oxygen atoms in total. The van der Waals surface area contributed by atoms with Gasteiger partial charge in [-0.05, 0) is 18.2 Å². The summed E-state index contributed by atoms with van der Waals surface area (Å²) in [6.07, 6.45) is 1.17. The molecule has 128 valence electrons. The van der Waals surface area contributed by atoms with E-state index in [0.29, 0.717) is 5.56 Å². The zero-order valence-corrected chi connectivity index (χ0v) is 13.7. The Kier molecular flexibility index (Phi) is 5.63. The largest absolute Gasteiger partial charge is 0.288 e. The molecule has 0 bridgehead atoms. The quantitative estimate of drug-likeness (QED) is 0.480. The van der Waals surface area contributed by atoms with Crippen molar-refractivity contribution in [2.75, 3.05) is 0 Å². The number of hydrazone groups is 1. The van der Waals surface area contributed by atoms with Gasteiger partial charge < -0.3 is 0 Å². The van der Waals surface area contributed by atoms with E-state index in [9.17, 15) is 25.0 Å². The molecule has 2 aromatic carbocycles. The monoisotopic (exact) mass is 382 g/mol. The first-order valence-corrected chi connectivity index (χ1v) is 7.26. The molecule has 0 saturated carbocycles. The Morgan fingerprint density at radius 1 is 1.00 bits per heavy atom. The van der Waals surface area contributed by atoms with E-state index in [1.165, 1.54) is 36.5 Å². The van der Waals surface area contributed by atoms with Crippen LogP contribution < -0.4 is 5.43 Å². The van der Waals surface area contributed by atoms with Crippen LogP contribution in [0.1, 0.15) is 15.9 Å². The third-order valence-corrected chi connectivity index (χ3v) is 3.59. The van der Waals surface area contributed by atoms with Gasteiger partial charge in [0.05, 0.1) is 16.1 Å². The molecule has 0 heterocycles. The molecule has 0 aliphatic carbocycles. The molecular formula is C14H8Cl2N4O5. The normalized spacial score (nSPS) is 10.6. The molecule has 1 N–H and O–H groups in total. The SMILES string of the molecule is O=C(N/N=C/c1ccc(Cl)c([N+](=O)[O-])c1)c1ccc(Cl)c([N+](=O)[O-])c1. The average Bonchev–Trinajstić information content (AvgIpc) is 2.56. The zero-order chi connectivity index (χ0) is 18.6. The van der Waals surface area contributed by atoms with Crippen LogP contribution in [0.3, 0.4) is 0 Å². The van der Waals surface area contributed by atoms with Gasteiger partial charge in [0, 0.05) is 23.3 Å². The number of nitro benzene ring substituents is 2. The molecule has 0 saturated heterocycles. The maximum atomic E-state index is 11.9. The topological polar surface area (TPSA) is 128 Å². The lowest BCUT2D eigenvalue weighted by molar-refractivity contribution is -0.384. The van der Waals surface area contributed by atoms with Crippen molar-refractivity contribution < 1.29 is 14.6 Å². The Hall–Kier alpha value is -3.04. The number of rotatable bonds is 5. The number of nitrogens with one attached hydrogen (secondary N) is 1. The van der Waals surface area contributed by atoms with Crippen molar-refractivity contribution in [2.45, 2.75) is 0 Å². The maximum absolute atomic E-state index is 11.9. The van der Waals surface area contributed by atoms with Gasteiger partial charge in [-0.25, -0.2) is 5.43 Å². The predicted octanol–water partition coefficient (Wildman–Crippen LogP) is 3.57. The Morgan fingerprint density at radius 3 is 2.16 bits per heavy atom. The van der Waals surface area contributed by atoms with Crippen LogP contribution in [0.5, 0.6) is 0 Å². The summed E-state index contributed by atoms with van der Waals surface area (Å²) in [7, 11) is 0. The van der Waals surface area contributed by atoms with Crippen LogP contribution in [-0.2, 0) is 0 Å². The smallest absolute Gasteiger partial charge is 0.267 e. The number of amides is 1. The van der Waals surface area contributed by atoms with Gasteiger partial charge in [0.2, 0.25) is 0 Å². The molecule has 0 radical (unpaired) electrons. The third-order valence-electron chi connectivity index (χ3n) is 2.95. The fraction of sp³-hybridized carbons (Fsp3) is 0. The van der Waals surface area contributed by atoms with E-state index in [1.54, 1.807) is 0 Å². The summed E-state index contributed by atoms with van der Waals surface area (Å²) in [5, 5.41) is 25.1. The highest BCUT2D eigenvalue weighted by atomic mass is 35.5. The molecule has 2 rings (SSSR count). The number of carbonyl (C=O) groups is 1. The molecule has 0 fully saturated rings. The van der Waals surface area contributed by atoms with Crippen molar-refractivity contribution in [1.29, 1.82) is 0 Å². The van der Waals surface area contributed by atoms with Crippen LogP contribution in [-0.4, -0.2) is 22.0 Å². The first-order valence-electron chi connectivity index (χ1n) is 6.51. The highest BCUT2D eigenvalue weighted by Crippen LogP contribution is 2.25. The number of halogens is 2. The first-order chi connectivity index (χ1) is 11.8. The van der Waals surface area contributed by atoms with Crippen LogP contribution >= 0.6 is 23.2 Å². The number of hydrogen-bond donors (Lipinski definition) is 1. The van der Waals surface area contributed by atoms with Crippen molar-refractivity contribution in [2.24, 2.45) is 5.10 Å². The van der Waals surface area contributed by atoms with E-state index >= 15 is 0 Å². The molecule has 0 atom stereocenters. The van der Waals surface area contributed by atoms with Gasteiger partial charge in [-0.2, -0.15) is 5.10 Å². The summed E-state index contributed by atoms with van der Waals surface area (Å²) in [5.41, 5.74) is 1.76. The Balaban J connectivity index is 2.13. The fourth-order valence-electron chi connectivity index (χ4n) is 1.77. The standard InChI is InChI=1S/C14H8Cl2N4O5/c15-10-3-1-8(5-12(10)19(22)23)7-17-18-14(21)9-2-4-11(16)13(6-9)20(24)25/h1-7H,(H,18,21)/b17-7+. The summed E-state index contributed by atoms with van der Waals surface area (Å²) in [6.45, 7) is 0. The summed E-state index contributed by atoms with van der Waals surface area (Å²) in [6, 6.07) is 7.52. The van der Waals surface area contributed by atoms with Crippen LogP contribution in [0, 0.1) is 20.2 Å². The molecule has 0 aliphatic heterocycles. The number of hydrogen-bond acceptors (Lipinski definition) is 6. The first kappa shape index (κ1) is 18.3. The number of nitrogens with zero attached hydrogens (tertiary/aromatic N) is 3. The summed E-state index contributed by atoms with van der Waals surface area (Å²) < 4.78 is 0. The molecule has 0 aliphatic rings. The number of carbonyl (C=O) groups excluding carboxylic acids is 1. The molecule has 25 heavy (non-hydrogen) atoms. The molecule has 1 amide bonds. The van der Waals surface area contributed by atoms with Gasteiger partial charge in [0.15, 0.2) is 0 Å². The van der Waals surface area contributed by atoms with E-state index in [-0.39, 0.29) is 21.3 Å². The summed E-state index contributed by atoms with van der Waals surface area (Å²) in [5.74, 6) is -0.709. The average molecular weight is 383 g/mol. The fourth-order valence-corrected chi connectivity index (χ4v) is 2.15. The van der Waals surface area contributed by atoms with E-state index in [2.05, 4.69) is 10.5 Å². The number of nitro groups is 2. The zero-order valence-electron chi connectivity index (χ0n) is 12.2.